The maximum absolute atomic E-state index is 11.0. The summed E-state index contributed by atoms with van der Waals surface area (Å²) < 4.78 is 20.7. The van der Waals surface area contributed by atoms with Gasteiger partial charge in [-0.15, -0.1) is 0 Å². The molecule has 0 amide bonds. The highest BCUT2D eigenvalue weighted by Gasteiger charge is 2.12. The Morgan fingerprint density at radius 1 is 0.810 bits per heavy atom. The number of hydrogen-bond acceptors (Lipinski definition) is 8. The Kier molecular flexibility index (Phi) is 10.8. The first kappa shape index (κ1) is 19.8. The number of rotatable bonds is 11. The molecular formula is C13H26N2O6. The molecule has 0 aliphatic heterocycles. The van der Waals surface area contributed by atoms with Crippen LogP contribution in [0.3, 0.4) is 0 Å². The van der Waals surface area contributed by atoms with Crippen LogP contribution in [0.15, 0.2) is 0 Å². The quantitative estimate of drug-likeness (QED) is 0.475. The number of nitrogens with two attached hydrogens (primary N) is 2. The van der Waals surface area contributed by atoms with Crippen LogP contribution in [0.5, 0.6) is 0 Å². The first-order valence-corrected chi connectivity index (χ1v) is 6.87. The van der Waals surface area contributed by atoms with Gasteiger partial charge in [-0.2, -0.15) is 0 Å². The normalized spacial score (nSPS) is 15.1. The lowest BCUT2D eigenvalue weighted by Crippen LogP contribution is -2.29. The van der Waals surface area contributed by atoms with Crippen LogP contribution in [-0.2, 0) is 28.5 Å². The highest BCUT2D eigenvalue weighted by Crippen LogP contribution is 2.01. The summed E-state index contributed by atoms with van der Waals surface area (Å²) in [7, 11) is 0. The van der Waals surface area contributed by atoms with E-state index in [-0.39, 0.29) is 44.6 Å². The van der Waals surface area contributed by atoms with Crippen LogP contribution in [0.4, 0.5) is 0 Å². The Bertz CT molecular complexity index is 313. The summed E-state index contributed by atoms with van der Waals surface area (Å²) in [4.78, 5) is 21.8. The van der Waals surface area contributed by atoms with Gasteiger partial charge >= 0.3 is 11.9 Å². The molecule has 0 heterocycles. The van der Waals surface area contributed by atoms with Crippen molar-refractivity contribution >= 4 is 11.9 Å². The van der Waals surface area contributed by atoms with Gasteiger partial charge in [0.25, 0.3) is 0 Å². The van der Waals surface area contributed by atoms with Crippen LogP contribution in [0.2, 0.25) is 0 Å². The van der Waals surface area contributed by atoms with Gasteiger partial charge in [-0.1, -0.05) is 0 Å². The van der Waals surface area contributed by atoms with E-state index in [1.165, 1.54) is 0 Å². The van der Waals surface area contributed by atoms with Crippen molar-refractivity contribution in [3.05, 3.63) is 0 Å². The lowest BCUT2D eigenvalue weighted by Gasteiger charge is -2.19. The molecule has 3 unspecified atom stereocenters. The van der Waals surface area contributed by atoms with E-state index in [0.717, 1.165) is 0 Å². The molecule has 0 aliphatic carbocycles. The summed E-state index contributed by atoms with van der Waals surface area (Å²) in [5.41, 5.74) is 10.3. The SMILES string of the molecule is CC(COC(=O)CN)OCC(C)OCC(C)OC(=O)CN. The van der Waals surface area contributed by atoms with Gasteiger partial charge in [-0.25, -0.2) is 0 Å². The van der Waals surface area contributed by atoms with Crippen molar-refractivity contribution in [2.45, 2.75) is 39.1 Å². The van der Waals surface area contributed by atoms with Gasteiger partial charge in [0.05, 0.1) is 38.5 Å². The zero-order valence-electron chi connectivity index (χ0n) is 12.9. The Labute approximate surface area is 125 Å². The zero-order chi connectivity index (χ0) is 16.3. The molecule has 124 valence electrons. The van der Waals surface area contributed by atoms with Gasteiger partial charge in [0.15, 0.2) is 0 Å². The molecule has 0 rings (SSSR count). The fourth-order valence-electron chi connectivity index (χ4n) is 1.27. The van der Waals surface area contributed by atoms with E-state index in [0.29, 0.717) is 6.61 Å². The van der Waals surface area contributed by atoms with Crippen molar-refractivity contribution in [2.75, 3.05) is 32.9 Å². The maximum atomic E-state index is 11.0. The molecule has 0 fully saturated rings. The predicted octanol–water partition coefficient (Wildman–Crippen LogP) is -0.811. The molecular weight excluding hydrogens is 280 g/mol. The lowest BCUT2D eigenvalue weighted by atomic mass is 10.4. The number of carbonyl (C=O) groups excluding carboxylic acids is 2. The number of carbonyl (C=O) groups is 2. The minimum absolute atomic E-state index is 0.146. The van der Waals surface area contributed by atoms with E-state index in [1.807, 2.05) is 6.92 Å². The van der Waals surface area contributed by atoms with Gasteiger partial charge in [0, 0.05) is 0 Å². The van der Waals surface area contributed by atoms with Crippen molar-refractivity contribution in [1.29, 1.82) is 0 Å². The molecule has 21 heavy (non-hydrogen) atoms. The van der Waals surface area contributed by atoms with E-state index in [2.05, 4.69) is 0 Å². The standard InChI is InChI=1S/C13H26N2O6/c1-9(19-8-11(3)21-13(17)5-15)6-18-10(2)7-20-12(16)4-14/h9-11H,4-8,14-15H2,1-3H3. The fourth-order valence-corrected chi connectivity index (χ4v) is 1.27. The second-order valence-electron chi connectivity index (χ2n) is 4.68. The average molecular weight is 306 g/mol. The highest BCUT2D eigenvalue weighted by molar-refractivity contribution is 5.71. The molecule has 8 nitrogen and oxygen atoms in total. The molecule has 0 radical (unpaired) electrons. The van der Waals surface area contributed by atoms with E-state index in [1.54, 1.807) is 13.8 Å². The fraction of sp³-hybridized carbons (Fsp3) is 0.846. The third kappa shape index (κ3) is 11.1. The van der Waals surface area contributed by atoms with Gasteiger partial charge in [-0.05, 0) is 20.8 Å². The molecule has 3 atom stereocenters. The zero-order valence-corrected chi connectivity index (χ0v) is 12.9. The van der Waals surface area contributed by atoms with Crippen LogP contribution < -0.4 is 11.5 Å². The van der Waals surface area contributed by atoms with Crippen molar-refractivity contribution in [2.24, 2.45) is 11.5 Å². The maximum Gasteiger partial charge on any atom is 0.320 e. The van der Waals surface area contributed by atoms with Gasteiger partial charge < -0.3 is 30.4 Å². The first-order valence-electron chi connectivity index (χ1n) is 6.87. The molecule has 0 aromatic carbocycles. The Morgan fingerprint density at radius 3 is 1.81 bits per heavy atom. The van der Waals surface area contributed by atoms with Gasteiger partial charge in [-0.3, -0.25) is 9.59 Å². The molecule has 8 heteroatoms. The molecule has 0 saturated heterocycles. The van der Waals surface area contributed by atoms with E-state index < -0.39 is 11.9 Å². The summed E-state index contributed by atoms with van der Waals surface area (Å²) >= 11 is 0. The van der Waals surface area contributed by atoms with E-state index >= 15 is 0 Å². The Hall–Kier alpha value is -1.22. The van der Waals surface area contributed by atoms with Crippen LogP contribution in [-0.4, -0.2) is 63.2 Å². The second-order valence-corrected chi connectivity index (χ2v) is 4.68. The Balaban J connectivity index is 3.72. The molecule has 0 bridgehead atoms. The molecule has 0 saturated carbocycles. The van der Waals surface area contributed by atoms with Crippen molar-refractivity contribution in [3.63, 3.8) is 0 Å². The monoisotopic (exact) mass is 306 g/mol. The molecule has 0 aliphatic rings. The van der Waals surface area contributed by atoms with Crippen LogP contribution in [0, 0.1) is 0 Å². The smallest absolute Gasteiger partial charge is 0.320 e. The molecule has 0 aromatic heterocycles. The largest absolute Gasteiger partial charge is 0.462 e. The van der Waals surface area contributed by atoms with E-state index in [4.69, 9.17) is 30.4 Å². The molecule has 0 spiro atoms. The lowest BCUT2D eigenvalue weighted by molar-refractivity contribution is -0.152. The van der Waals surface area contributed by atoms with Crippen LogP contribution in [0.25, 0.3) is 0 Å². The minimum Gasteiger partial charge on any atom is -0.462 e. The predicted molar refractivity (Wildman–Crippen MR) is 75.4 cm³/mol. The van der Waals surface area contributed by atoms with E-state index in [9.17, 15) is 9.59 Å². The summed E-state index contributed by atoms with van der Waals surface area (Å²) in [6.45, 7) is 5.76. The van der Waals surface area contributed by atoms with Crippen LogP contribution >= 0.6 is 0 Å². The van der Waals surface area contributed by atoms with Crippen molar-refractivity contribution in [3.8, 4) is 0 Å². The summed E-state index contributed by atoms with van der Waals surface area (Å²) in [6, 6.07) is 0. The number of esters is 2. The molecule has 0 aromatic rings. The number of hydrogen-bond donors (Lipinski definition) is 2. The van der Waals surface area contributed by atoms with Crippen LogP contribution in [0.1, 0.15) is 20.8 Å². The summed E-state index contributed by atoms with van der Waals surface area (Å²) in [5, 5.41) is 0. The average Bonchev–Trinajstić information content (AvgIpc) is 2.47. The minimum atomic E-state index is -0.467. The van der Waals surface area contributed by atoms with Crippen molar-refractivity contribution < 1.29 is 28.5 Å². The summed E-state index contributed by atoms with van der Waals surface area (Å²) in [5.74, 6) is -0.935. The second kappa shape index (κ2) is 11.4. The number of ether oxygens (including phenoxy) is 4. The molecule has 4 N–H and O–H groups in total. The highest BCUT2D eigenvalue weighted by atomic mass is 16.6. The third-order valence-electron chi connectivity index (χ3n) is 2.38. The summed E-state index contributed by atoms with van der Waals surface area (Å²) in [6.07, 6.45) is -0.804. The van der Waals surface area contributed by atoms with Crippen molar-refractivity contribution in [1.82, 2.24) is 0 Å². The van der Waals surface area contributed by atoms with Gasteiger partial charge in [0.2, 0.25) is 0 Å². The Morgan fingerprint density at radius 2 is 1.29 bits per heavy atom. The first-order chi connectivity index (χ1) is 9.88. The van der Waals surface area contributed by atoms with Gasteiger partial charge in [0.1, 0.15) is 12.7 Å². The topological polar surface area (TPSA) is 123 Å². The third-order valence-corrected chi connectivity index (χ3v) is 2.38.